The fourth-order valence-electron chi connectivity index (χ4n) is 3.68. The van der Waals surface area contributed by atoms with Crippen LogP contribution in [0.4, 0.5) is 0 Å². The molecule has 1 aromatic carbocycles. The van der Waals surface area contributed by atoms with Crippen molar-refractivity contribution in [3.63, 3.8) is 0 Å². The molecule has 1 aromatic rings. The first-order valence-corrected chi connectivity index (χ1v) is 8.76. The van der Waals surface area contributed by atoms with E-state index in [-0.39, 0.29) is 5.78 Å². The van der Waals surface area contributed by atoms with E-state index in [1.54, 1.807) is 0 Å². The minimum absolute atomic E-state index is 0.264. The zero-order valence-corrected chi connectivity index (χ0v) is 13.8. The van der Waals surface area contributed by atoms with E-state index in [2.05, 4.69) is 29.0 Å². The number of carbonyl (C=O) groups is 1. The van der Waals surface area contributed by atoms with Crippen LogP contribution in [0.5, 0.6) is 0 Å². The third-order valence-corrected chi connectivity index (χ3v) is 5.27. The van der Waals surface area contributed by atoms with Gasteiger partial charge in [0.05, 0.1) is 6.54 Å². The second-order valence-corrected chi connectivity index (χ2v) is 6.96. The Kier molecular flexibility index (Phi) is 5.27. The van der Waals surface area contributed by atoms with Crippen LogP contribution >= 0.6 is 0 Å². The summed E-state index contributed by atoms with van der Waals surface area (Å²) >= 11 is 0. The lowest BCUT2D eigenvalue weighted by molar-refractivity contribution is 0.0876. The van der Waals surface area contributed by atoms with E-state index in [1.165, 1.54) is 37.7 Å². The standard InChI is InChI=1S/C19H28N2O/c1-20-11-13-21(14-12-20)15-19(22)18-9-7-17(8-10-18)16-5-3-2-4-6-16/h7-10,16H,2-6,11-15H2,1H3. The molecule has 1 saturated heterocycles. The van der Waals surface area contributed by atoms with Gasteiger partial charge in [0.15, 0.2) is 5.78 Å². The van der Waals surface area contributed by atoms with E-state index in [0.29, 0.717) is 6.54 Å². The summed E-state index contributed by atoms with van der Waals surface area (Å²) in [4.78, 5) is 17.0. The third kappa shape index (κ3) is 3.96. The van der Waals surface area contributed by atoms with Crippen LogP contribution in [0, 0.1) is 0 Å². The van der Waals surface area contributed by atoms with E-state index in [4.69, 9.17) is 0 Å². The van der Waals surface area contributed by atoms with Crippen molar-refractivity contribution in [3.8, 4) is 0 Å². The van der Waals surface area contributed by atoms with Gasteiger partial charge in [-0.1, -0.05) is 43.5 Å². The molecule has 0 spiro atoms. The fraction of sp³-hybridized carbons (Fsp3) is 0.632. The topological polar surface area (TPSA) is 23.6 Å². The summed E-state index contributed by atoms with van der Waals surface area (Å²) in [6.45, 7) is 4.70. The van der Waals surface area contributed by atoms with E-state index in [9.17, 15) is 4.79 Å². The van der Waals surface area contributed by atoms with Crippen molar-refractivity contribution in [3.05, 3.63) is 35.4 Å². The number of hydrogen-bond acceptors (Lipinski definition) is 3. The summed E-state index contributed by atoms with van der Waals surface area (Å²) in [5.74, 6) is 0.982. The minimum Gasteiger partial charge on any atom is -0.304 e. The van der Waals surface area contributed by atoms with Gasteiger partial charge in [0.25, 0.3) is 0 Å². The summed E-state index contributed by atoms with van der Waals surface area (Å²) in [7, 11) is 2.14. The van der Waals surface area contributed by atoms with E-state index < -0.39 is 0 Å². The maximum absolute atomic E-state index is 12.4. The van der Waals surface area contributed by atoms with Crippen molar-refractivity contribution in [2.24, 2.45) is 0 Å². The first-order valence-electron chi connectivity index (χ1n) is 8.76. The van der Waals surface area contributed by atoms with Gasteiger partial charge in [-0.15, -0.1) is 0 Å². The molecule has 0 atom stereocenters. The maximum Gasteiger partial charge on any atom is 0.176 e. The number of benzene rings is 1. The molecule has 3 nitrogen and oxygen atoms in total. The van der Waals surface area contributed by atoms with Crippen molar-refractivity contribution in [1.82, 2.24) is 9.80 Å². The predicted octanol–water partition coefficient (Wildman–Crippen LogP) is 3.16. The zero-order chi connectivity index (χ0) is 15.4. The molecule has 1 aliphatic carbocycles. The molecular formula is C19H28N2O. The number of likely N-dealkylation sites (N-methyl/N-ethyl adjacent to an activating group) is 1. The van der Waals surface area contributed by atoms with Crippen LogP contribution in [0.2, 0.25) is 0 Å². The lowest BCUT2D eigenvalue weighted by atomic mass is 9.84. The Morgan fingerprint density at radius 3 is 2.27 bits per heavy atom. The van der Waals surface area contributed by atoms with Crippen molar-refractivity contribution in [2.45, 2.75) is 38.0 Å². The second kappa shape index (κ2) is 7.38. The Balaban J connectivity index is 1.56. The molecule has 0 radical (unpaired) electrons. The normalized spacial score (nSPS) is 21.9. The number of Topliss-reactive ketones (excluding diaryl/α,β-unsaturated/α-hetero) is 1. The van der Waals surface area contributed by atoms with Gasteiger partial charge in [-0.2, -0.15) is 0 Å². The van der Waals surface area contributed by atoms with Crippen molar-refractivity contribution >= 4 is 5.78 Å². The van der Waals surface area contributed by atoms with Gasteiger partial charge >= 0.3 is 0 Å². The predicted molar refractivity (Wildman–Crippen MR) is 90.5 cm³/mol. The summed E-state index contributed by atoms with van der Waals surface area (Å²) in [5.41, 5.74) is 2.30. The van der Waals surface area contributed by atoms with Crippen molar-refractivity contribution in [2.75, 3.05) is 39.8 Å². The molecule has 0 N–H and O–H groups in total. The quantitative estimate of drug-likeness (QED) is 0.798. The first kappa shape index (κ1) is 15.7. The highest BCUT2D eigenvalue weighted by molar-refractivity contribution is 5.97. The van der Waals surface area contributed by atoms with Crippen molar-refractivity contribution < 1.29 is 4.79 Å². The lowest BCUT2D eigenvalue weighted by Gasteiger charge is -2.31. The first-order chi connectivity index (χ1) is 10.7. The molecule has 0 bridgehead atoms. The van der Waals surface area contributed by atoms with Crippen LogP contribution in [0.1, 0.15) is 53.9 Å². The van der Waals surface area contributed by atoms with Crippen LogP contribution < -0.4 is 0 Å². The van der Waals surface area contributed by atoms with Gasteiger partial charge in [0.1, 0.15) is 0 Å². The maximum atomic E-state index is 12.4. The fourth-order valence-corrected chi connectivity index (χ4v) is 3.68. The molecule has 2 fully saturated rings. The zero-order valence-electron chi connectivity index (χ0n) is 13.8. The third-order valence-electron chi connectivity index (χ3n) is 5.27. The van der Waals surface area contributed by atoms with Crippen LogP contribution in [-0.2, 0) is 0 Å². The number of nitrogens with zero attached hydrogens (tertiary/aromatic N) is 2. The number of hydrogen-bond donors (Lipinski definition) is 0. The van der Waals surface area contributed by atoms with Crippen LogP contribution in [-0.4, -0.2) is 55.4 Å². The second-order valence-electron chi connectivity index (χ2n) is 6.96. The van der Waals surface area contributed by atoms with Gasteiger partial charge < -0.3 is 4.90 Å². The highest BCUT2D eigenvalue weighted by atomic mass is 16.1. The Morgan fingerprint density at radius 2 is 1.64 bits per heavy atom. The highest BCUT2D eigenvalue weighted by Gasteiger charge is 2.19. The molecule has 22 heavy (non-hydrogen) atoms. The van der Waals surface area contributed by atoms with E-state index in [0.717, 1.165) is 37.7 Å². The average Bonchev–Trinajstić information content (AvgIpc) is 2.58. The van der Waals surface area contributed by atoms with E-state index in [1.807, 2.05) is 12.1 Å². The smallest absolute Gasteiger partial charge is 0.176 e. The van der Waals surface area contributed by atoms with Gasteiger partial charge in [-0.3, -0.25) is 9.69 Å². The monoisotopic (exact) mass is 300 g/mol. The average molecular weight is 300 g/mol. The van der Waals surface area contributed by atoms with E-state index >= 15 is 0 Å². The Labute approximate surface area is 134 Å². The number of piperazine rings is 1. The molecule has 1 aliphatic heterocycles. The van der Waals surface area contributed by atoms with Gasteiger partial charge in [0.2, 0.25) is 0 Å². The summed E-state index contributed by atoms with van der Waals surface area (Å²) in [5, 5.41) is 0. The number of ketones is 1. The molecule has 3 rings (SSSR count). The number of rotatable bonds is 4. The van der Waals surface area contributed by atoms with Crippen molar-refractivity contribution in [1.29, 1.82) is 0 Å². The van der Waals surface area contributed by atoms with Gasteiger partial charge in [-0.05, 0) is 31.4 Å². The molecule has 2 aliphatic rings. The molecule has 1 heterocycles. The lowest BCUT2D eigenvalue weighted by Crippen LogP contribution is -2.46. The van der Waals surface area contributed by atoms with Crippen LogP contribution in [0.3, 0.4) is 0 Å². The molecule has 3 heteroatoms. The molecular weight excluding hydrogens is 272 g/mol. The molecule has 0 aromatic heterocycles. The molecule has 0 amide bonds. The Morgan fingerprint density at radius 1 is 1.00 bits per heavy atom. The van der Waals surface area contributed by atoms with Crippen LogP contribution in [0.25, 0.3) is 0 Å². The Bertz CT molecular complexity index is 483. The minimum atomic E-state index is 0.264. The Hall–Kier alpha value is -1.19. The summed E-state index contributed by atoms with van der Waals surface area (Å²) < 4.78 is 0. The molecule has 0 unspecified atom stereocenters. The summed E-state index contributed by atoms with van der Waals surface area (Å²) in [6.07, 6.45) is 6.73. The SMILES string of the molecule is CN1CCN(CC(=O)c2ccc(C3CCCCC3)cc2)CC1. The van der Waals surface area contributed by atoms with Crippen LogP contribution in [0.15, 0.2) is 24.3 Å². The van der Waals surface area contributed by atoms with Gasteiger partial charge in [0, 0.05) is 31.7 Å². The molecule has 120 valence electrons. The largest absolute Gasteiger partial charge is 0.304 e. The van der Waals surface area contributed by atoms with Gasteiger partial charge in [-0.25, -0.2) is 0 Å². The number of carbonyl (C=O) groups excluding carboxylic acids is 1. The summed E-state index contributed by atoms with van der Waals surface area (Å²) in [6, 6.07) is 8.46. The molecule has 1 saturated carbocycles. The highest BCUT2D eigenvalue weighted by Crippen LogP contribution is 2.32.